The van der Waals surface area contributed by atoms with Crippen molar-refractivity contribution in [3.05, 3.63) is 59.9 Å². The standard InChI is InChI=1S/C24H24N6O2S3/c1-2-30-20(13-34-24-27-18-9-5-6-10-19(18)35-24)28-29-23(30)33-14-21(31)26-17-8-4-3-7-16(17)22(32)25-15-11-12-15/h3-10,15H,2,11-14H2,1H3,(H,25,32)(H,26,31). The van der Waals surface area contributed by atoms with Crippen molar-refractivity contribution in [1.29, 1.82) is 0 Å². The van der Waals surface area contributed by atoms with E-state index in [0.29, 0.717) is 28.7 Å². The molecule has 11 heteroatoms. The van der Waals surface area contributed by atoms with Crippen LogP contribution in [0.4, 0.5) is 5.69 Å². The van der Waals surface area contributed by atoms with Crippen LogP contribution in [0, 0.1) is 0 Å². The molecule has 0 radical (unpaired) electrons. The van der Waals surface area contributed by atoms with E-state index in [0.717, 1.165) is 28.5 Å². The second-order valence-electron chi connectivity index (χ2n) is 8.01. The molecule has 2 heterocycles. The van der Waals surface area contributed by atoms with E-state index in [4.69, 9.17) is 0 Å². The van der Waals surface area contributed by atoms with Gasteiger partial charge in [0, 0.05) is 12.6 Å². The van der Waals surface area contributed by atoms with Crippen molar-refractivity contribution in [2.24, 2.45) is 0 Å². The number of carbonyl (C=O) groups excluding carboxylic acids is 2. The van der Waals surface area contributed by atoms with E-state index in [1.165, 1.54) is 16.5 Å². The van der Waals surface area contributed by atoms with Crippen LogP contribution in [0.15, 0.2) is 58.0 Å². The SMILES string of the molecule is CCn1c(CSc2nc3ccccc3s2)nnc1SCC(=O)Nc1ccccc1C(=O)NC1CC1. The summed E-state index contributed by atoms with van der Waals surface area (Å²) in [6, 6.07) is 15.4. The Balaban J connectivity index is 1.18. The van der Waals surface area contributed by atoms with Crippen LogP contribution < -0.4 is 10.6 Å². The quantitative estimate of drug-likeness (QED) is 0.287. The number of anilines is 1. The molecule has 0 unspecified atom stereocenters. The van der Waals surface area contributed by atoms with E-state index in [1.807, 2.05) is 29.7 Å². The highest BCUT2D eigenvalue weighted by atomic mass is 32.2. The fourth-order valence-electron chi connectivity index (χ4n) is 3.49. The molecule has 8 nitrogen and oxygen atoms in total. The third kappa shape index (κ3) is 5.85. The zero-order valence-corrected chi connectivity index (χ0v) is 21.5. The molecule has 1 aliphatic rings. The molecular formula is C24H24N6O2S3. The highest BCUT2D eigenvalue weighted by Crippen LogP contribution is 2.31. The van der Waals surface area contributed by atoms with Gasteiger partial charge in [0.25, 0.3) is 5.91 Å². The molecule has 1 fully saturated rings. The van der Waals surface area contributed by atoms with Crippen LogP contribution in [0.5, 0.6) is 0 Å². The number of amides is 2. The average Bonchev–Trinajstić information content (AvgIpc) is 3.44. The Labute approximate surface area is 215 Å². The Morgan fingerprint density at radius 3 is 2.69 bits per heavy atom. The van der Waals surface area contributed by atoms with Crippen LogP contribution >= 0.6 is 34.9 Å². The van der Waals surface area contributed by atoms with Crippen molar-refractivity contribution in [3.8, 4) is 0 Å². The Bertz CT molecular complexity index is 1330. The smallest absolute Gasteiger partial charge is 0.253 e. The first-order valence-electron chi connectivity index (χ1n) is 11.3. The van der Waals surface area contributed by atoms with Crippen molar-refractivity contribution in [2.45, 2.75) is 47.6 Å². The number of thioether (sulfide) groups is 2. The van der Waals surface area contributed by atoms with Gasteiger partial charge in [0.05, 0.1) is 33.0 Å². The molecule has 0 spiro atoms. The van der Waals surface area contributed by atoms with Gasteiger partial charge in [-0.3, -0.25) is 9.59 Å². The van der Waals surface area contributed by atoms with Crippen LogP contribution in [-0.2, 0) is 17.1 Å². The number of hydrogen-bond acceptors (Lipinski definition) is 8. The molecule has 0 aliphatic heterocycles. The molecule has 2 N–H and O–H groups in total. The largest absolute Gasteiger partial charge is 0.349 e. The summed E-state index contributed by atoms with van der Waals surface area (Å²) in [4.78, 5) is 29.8. The summed E-state index contributed by atoms with van der Waals surface area (Å²) in [5.41, 5.74) is 2.00. The molecule has 5 rings (SSSR count). The van der Waals surface area contributed by atoms with Gasteiger partial charge in [-0.2, -0.15) is 0 Å². The minimum absolute atomic E-state index is 0.156. The number of fused-ring (bicyclic) bond motifs is 1. The molecule has 35 heavy (non-hydrogen) atoms. The highest BCUT2D eigenvalue weighted by molar-refractivity contribution is 8.00. The Morgan fingerprint density at radius 1 is 1.09 bits per heavy atom. The molecule has 1 saturated carbocycles. The monoisotopic (exact) mass is 524 g/mol. The lowest BCUT2D eigenvalue weighted by Crippen LogP contribution is -2.27. The third-order valence-electron chi connectivity index (χ3n) is 5.40. The number of nitrogens with zero attached hydrogens (tertiary/aromatic N) is 4. The number of para-hydroxylation sites is 2. The van der Waals surface area contributed by atoms with Gasteiger partial charge in [0.1, 0.15) is 5.82 Å². The van der Waals surface area contributed by atoms with Crippen molar-refractivity contribution in [2.75, 3.05) is 11.1 Å². The number of thiazole rings is 1. The lowest BCUT2D eigenvalue weighted by molar-refractivity contribution is -0.113. The lowest BCUT2D eigenvalue weighted by Gasteiger charge is -2.11. The Morgan fingerprint density at radius 2 is 1.89 bits per heavy atom. The van der Waals surface area contributed by atoms with E-state index in [2.05, 4.69) is 31.9 Å². The summed E-state index contributed by atoms with van der Waals surface area (Å²) in [6.45, 7) is 2.74. The zero-order chi connectivity index (χ0) is 24.2. The minimum atomic E-state index is -0.197. The van der Waals surface area contributed by atoms with E-state index < -0.39 is 0 Å². The van der Waals surface area contributed by atoms with Crippen LogP contribution in [-0.4, -0.2) is 43.4 Å². The second-order valence-corrected chi connectivity index (χ2v) is 11.2. The number of nitrogens with one attached hydrogen (secondary N) is 2. The summed E-state index contributed by atoms with van der Waals surface area (Å²) in [7, 11) is 0. The molecule has 0 atom stereocenters. The van der Waals surface area contributed by atoms with Crippen molar-refractivity contribution < 1.29 is 9.59 Å². The fraction of sp³-hybridized carbons (Fsp3) is 0.292. The van der Waals surface area contributed by atoms with Gasteiger partial charge in [-0.15, -0.1) is 21.5 Å². The Hall–Kier alpha value is -2.89. The summed E-state index contributed by atoms with van der Waals surface area (Å²) < 4.78 is 4.19. The van der Waals surface area contributed by atoms with E-state index >= 15 is 0 Å². The van der Waals surface area contributed by atoms with Gasteiger partial charge in [0.15, 0.2) is 9.50 Å². The first-order valence-corrected chi connectivity index (χ1v) is 14.1. The zero-order valence-electron chi connectivity index (χ0n) is 19.1. The van der Waals surface area contributed by atoms with Crippen LogP contribution in [0.25, 0.3) is 10.2 Å². The Kier molecular flexibility index (Phi) is 7.35. The van der Waals surface area contributed by atoms with Crippen molar-refractivity contribution >= 4 is 62.6 Å². The van der Waals surface area contributed by atoms with Gasteiger partial charge in [0.2, 0.25) is 5.91 Å². The van der Waals surface area contributed by atoms with Gasteiger partial charge in [-0.1, -0.05) is 47.8 Å². The van der Waals surface area contributed by atoms with Crippen molar-refractivity contribution in [3.63, 3.8) is 0 Å². The third-order valence-corrected chi connectivity index (χ3v) is 8.54. The van der Waals surface area contributed by atoms with Crippen LogP contribution in [0.1, 0.15) is 35.9 Å². The molecule has 4 aromatic rings. The number of rotatable bonds is 10. The summed E-state index contributed by atoms with van der Waals surface area (Å²) in [5, 5.41) is 15.2. The van der Waals surface area contributed by atoms with E-state index in [-0.39, 0.29) is 23.6 Å². The van der Waals surface area contributed by atoms with Crippen LogP contribution in [0.3, 0.4) is 0 Å². The molecule has 1 aliphatic carbocycles. The van der Waals surface area contributed by atoms with Crippen LogP contribution in [0.2, 0.25) is 0 Å². The fourth-order valence-corrected chi connectivity index (χ4v) is 6.32. The van der Waals surface area contributed by atoms with Gasteiger partial charge in [-0.05, 0) is 44.0 Å². The highest BCUT2D eigenvalue weighted by Gasteiger charge is 2.25. The van der Waals surface area contributed by atoms with E-state index in [9.17, 15) is 9.59 Å². The van der Waals surface area contributed by atoms with Gasteiger partial charge >= 0.3 is 0 Å². The van der Waals surface area contributed by atoms with E-state index in [1.54, 1.807) is 47.4 Å². The van der Waals surface area contributed by atoms with Gasteiger partial charge in [-0.25, -0.2) is 4.98 Å². The van der Waals surface area contributed by atoms with Gasteiger partial charge < -0.3 is 15.2 Å². The maximum absolute atomic E-state index is 12.7. The molecule has 180 valence electrons. The first-order chi connectivity index (χ1) is 17.1. The molecule has 2 amide bonds. The molecular weight excluding hydrogens is 501 g/mol. The number of benzene rings is 2. The maximum atomic E-state index is 12.7. The summed E-state index contributed by atoms with van der Waals surface area (Å²) >= 11 is 4.64. The predicted octanol–water partition coefficient (Wildman–Crippen LogP) is 4.82. The normalized spacial score (nSPS) is 13.2. The van der Waals surface area contributed by atoms with Crippen molar-refractivity contribution in [1.82, 2.24) is 25.1 Å². The number of aromatic nitrogens is 4. The lowest BCUT2D eigenvalue weighted by atomic mass is 10.1. The predicted molar refractivity (Wildman–Crippen MR) is 141 cm³/mol. The molecule has 2 aromatic carbocycles. The molecule has 0 bridgehead atoms. The summed E-state index contributed by atoms with van der Waals surface area (Å²) in [5.74, 6) is 1.31. The number of carbonyl (C=O) groups is 2. The average molecular weight is 525 g/mol. The summed E-state index contributed by atoms with van der Waals surface area (Å²) in [6.07, 6.45) is 2.02. The maximum Gasteiger partial charge on any atom is 0.253 e. The first kappa shape index (κ1) is 23.8. The topological polar surface area (TPSA) is 102 Å². The second kappa shape index (κ2) is 10.8. The molecule has 0 saturated heterocycles. The minimum Gasteiger partial charge on any atom is -0.349 e. The molecule has 2 aromatic heterocycles. The number of hydrogen-bond donors (Lipinski definition) is 2.